The molecule has 0 fully saturated rings. The van der Waals surface area contributed by atoms with E-state index in [0.29, 0.717) is 18.0 Å². The summed E-state index contributed by atoms with van der Waals surface area (Å²) in [6.45, 7) is 4.25. The lowest BCUT2D eigenvalue weighted by molar-refractivity contribution is 0.408. The highest BCUT2D eigenvalue weighted by Crippen LogP contribution is 2.22. The van der Waals surface area contributed by atoms with E-state index >= 15 is 0 Å². The van der Waals surface area contributed by atoms with Crippen LogP contribution in [0.4, 0.5) is 5.69 Å². The summed E-state index contributed by atoms with van der Waals surface area (Å²) in [5.74, 6) is 0.578. The quantitative estimate of drug-likeness (QED) is 0.888. The van der Waals surface area contributed by atoms with Crippen molar-refractivity contribution in [2.45, 2.75) is 25.5 Å². The van der Waals surface area contributed by atoms with Gasteiger partial charge in [-0.3, -0.25) is 4.72 Å². The molecule has 0 amide bonds. The van der Waals surface area contributed by atoms with Gasteiger partial charge in [0.05, 0.1) is 12.2 Å². The molecule has 0 aliphatic carbocycles. The molecule has 0 saturated heterocycles. The number of hydrogen-bond acceptors (Lipinski definition) is 4. The Morgan fingerprint density at radius 1 is 1.15 bits per heavy atom. The zero-order valence-corrected chi connectivity index (χ0v) is 12.5. The summed E-state index contributed by atoms with van der Waals surface area (Å²) in [6, 6.07) is 8.71. The lowest BCUT2D eigenvalue weighted by Gasteiger charge is -2.09. The molecule has 0 radical (unpaired) electrons. The number of furan rings is 1. The van der Waals surface area contributed by atoms with Crippen molar-refractivity contribution in [2.75, 3.05) is 11.8 Å². The van der Waals surface area contributed by atoms with E-state index in [1.54, 1.807) is 19.2 Å². The van der Waals surface area contributed by atoms with Crippen molar-refractivity contribution in [2.24, 2.45) is 0 Å². The Morgan fingerprint density at radius 2 is 1.90 bits per heavy atom. The van der Waals surface area contributed by atoms with Gasteiger partial charge in [-0.15, -0.1) is 0 Å². The summed E-state index contributed by atoms with van der Waals surface area (Å²) in [5, 5.41) is 2.83. The van der Waals surface area contributed by atoms with Crippen LogP contribution in [-0.4, -0.2) is 15.5 Å². The largest absolute Gasteiger partial charge is 0.446 e. The minimum Gasteiger partial charge on any atom is -0.446 e. The van der Waals surface area contributed by atoms with Gasteiger partial charge in [0.1, 0.15) is 5.76 Å². The fourth-order valence-electron chi connectivity index (χ4n) is 1.81. The number of rotatable bonds is 5. The van der Waals surface area contributed by atoms with Gasteiger partial charge in [-0.25, -0.2) is 0 Å². The van der Waals surface area contributed by atoms with Gasteiger partial charge in [-0.05, 0) is 50.2 Å². The van der Waals surface area contributed by atoms with Crippen molar-refractivity contribution in [3.05, 3.63) is 47.2 Å². The third kappa shape index (κ3) is 3.20. The predicted octanol–water partition coefficient (Wildman–Crippen LogP) is 2.42. The normalized spacial score (nSPS) is 11.6. The second-order valence-electron chi connectivity index (χ2n) is 4.67. The van der Waals surface area contributed by atoms with E-state index in [1.807, 2.05) is 26.0 Å². The molecule has 0 spiro atoms. The van der Waals surface area contributed by atoms with Crippen LogP contribution >= 0.6 is 0 Å². The number of sulfonamides is 1. The standard InChI is InChI=1S/C14H18N2O3S/c1-10-4-5-11(2)13(8-10)16-20(17,18)14-7-6-12(19-14)9-15-3/h4-8,15-16H,9H2,1-3H3. The van der Waals surface area contributed by atoms with Crippen molar-refractivity contribution < 1.29 is 12.8 Å². The summed E-state index contributed by atoms with van der Waals surface area (Å²) in [7, 11) is -1.93. The Balaban J connectivity index is 2.28. The molecule has 0 bridgehead atoms. The van der Waals surface area contributed by atoms with Crippen LogP contribution < -0.4 is 10.0 Å². The Morgan fingerprint density at radius 3 is 2.60 bits per heavy atom. The summed E-state index contributed by atoms with van der Waals surface area (Å²) in [5.41, 5.74) is 2.42. The number of nitrogens with one attached hydrogen (secondary N) is 2. The number of benzene rings is 1. The van der Waals surface area contributed by atoms with Gasteiger partial charge in [0.25, 0.3) is 10.0 Å². The molecule has 0 atom stereocenters. The first-order chi connectivity index (χ1) is 9.42. The molecule has 1 aromatic heterocycles. The van der Waals surface area contributed by atoms with E-state index in [2.05, 4.69) is 10.0 Å². The molecule has 2 N–H and O–H groups in total. The van der Waals surface area contributed by atoms with Crippen LogP contribution in [0.25, 0.3) is 0 Å². The van der Waals surface area contributed by atoms with Gasteiger partial charge in [0.2, 0.25) is 5.09 Å². The number of anilines is 1. The minimum absolute atomic E-state index is 0.0799. The highest BCUT2D eigenvalue weighted by atomic mass is 32.2. The van der Waals surface area contributed by atoms with Gasteiger partial charge in [0.15, 0.2) is 0 Å². The molecule has 20 heavy (non-hydrogen) atoms. The van der Waals surface area contributed by atoms with Crippen LogP contribution in [0.2, 0.25) is 0 Å². The third-order valence-electron chi connectivity index (χ3n) is 2.89. The molecule has 6 heteroatoms. The van der Waals surface area contributed by atoms with Crippen LogP contribution in [0.1, 0.15) is 16.9 Å². The van der Waals surface area contributed by atoms with Crippen LogP contribution in [0.15, 0.2) is 39.8 Å². The molecule has 108 valence electrons. The average Bonchev–Trinajstić information content (AvgIpc) is 2.83. The van der Waals surface area contributed by atoms with Gasteiger partial charge >= 0.3 is 0 Å². The monoisotopic (exact) mass is 294 g/mol. The molecule has 0 aliphatic rings. The van der Waals surface area contributed by atoms with Crippen molar-refractivity contribution in [1.82, 2.24) is 5.32 Å². The third-order valence-corrected chi connectivity index (χ3v) is 4.13. The molecule has 2 aromatic rings. The highest BCUT2D eigenvalue weighted by molar-refractivity contribution is 7.92. The van der Waals surface area contributed by atoms with E-state index in [-0.39, 0.29) is 5.09 Å². The first kappa shape index (κ1) is 14.6. The average molecular weight is 294 g/mol. The van der Waals surface area contributed by atoms with Gasteiger partial charge in [-0.1, -0.05) is 12.1 Å². The maximum Gasteiger partial charge on any atom is 0.295 e. The van der Waals surface area contributed by atoms with E-state index in [0.717, 1.165) is 11.1 Å². The zero-order valence-electron chi connectivity index (χ0n) is 11.7. The number of aryl methyl sites for hydroxylation is 2. The van der Waals surface area contributed by atoms with Crippen LogP contribution in [0.5, 0.6) is 0 Å². The fraction of sp³-hybridized carbons (Fsp3) is 0.286. The molecule has 1 heterocycles. The first-order valence-electron chi connectivity index (χ1n) is 6.26. The van der Waals surface area contributed by atoms with E-state index in [4.69, 9.17) is 4.42 Å². The van der Waals surface area contributed by atoms with E-state index in [9.17, 15) is 8.42 Å². The van der Waals surface area contributed by atoms with Gasteiger partial charge in [0, 0.05) is 0 Å². The Hall–Kier alpha value is -1.79. The smallest absolute Gasteiger partial charge is 0.295 e. The van der Waals surface area contributed by atoms with E-state index < -0.39 is 10.0 Å². The predicted molar refractivity (Wildman–Crippen MR) is 78.2 cm³/mol. The van der Waals surface area contributed by atoms with Crippen molar-refractivity contribution >= 4 is 15.7 Å². The fourth-order valence-corrected chi connectivity index (χ4v) is 2.89. The summed E-state index contributed by atoms with van der Waals surface area (Å²) < 4.78 is 32.4. The first-order valence-corrected chi connectivity index (χ1v) is 7.74. The van der Waals surface area contributed by atoms with Crippen molar-refractivity contribution in [3.8, 4) is 0 Å². The Kier molecular flexibility index (Phi) is 4.15. The second-order valence-corrected chi connectivity index (χ2v) is 6.29. The summed E-state index contributed by atoms with van der Waals surface area (Å²) in [4.78, 5) is 0. The molecule has 1 aromatic carbocycles. The van der Waals surface area contributed by atoms with E-state index in [1.165, 1.54) is 6.07 Å². The van der Waals surface area contributed by atoms with Crippen LogP contribution in [0, 0.1) is 13.8 Å². The molecule has 0 saturated carbocycles. The SMILES string of the molecule is CNCc1ccc(S(=O)(=O)Nc2cc(C)ccc2C)o1. The van der Waals surface area contributed by atoms with Gasteiger partial charge in [-0.2, -0.15) is 8.42 Å². The Bertz CT molecular complexity index is 705. The maximum absolute atomic E-state index is 12.3. The molecule has 0 aliphatic heterocycles. The molecule has 2 rings (SSSR count). The van der Waals surface area contributed by atoms with Crippen LogP contribution in [0.3, 0.4) is 0 Å². The minimum atomic E-state index is -3.69. The van der Waals surface area contributed by atoms with Crippen LogP contribution in [-0.2, 0) is 16.6 Å². The summed E-state index contributed by atoms with van der Waals surface area (Å²) >= 11 is 0. The Labute approximate surface area is 119 Å². The topological polar surface area (TPSA) is 71.3 Å². The molecule has 0 unspecified atom stereocenters. The zero-order chi connectivity index (χ0) is 14.8. The molecule has 5 nitrogen and oxygen atoms in total. The molecular formula is C14H18N2O3S. The lowest BCUT2D eigenvalue weighted by atomic mass is 10.1. The van der Waals surface area contributed by atoms with Gasteiger partial charge < -0.3 is 9.73 Å². The number of hydrogen-bond donors (Lipinski definition) is 2. The van der Waals surface area contributed by atoms with Crippen molar-refractivity contribution in [3.63, 3.8) is 0 Å². The lowest BCUT2D eigenvalue weighted by Crippen LogP contribution is -2.13. The molecular weight excluding hydrogens is 276 g/mol. The maximum atomic E-state index is 12.3. The second kappa shape index (κ2) is 5.68. The highest BCUT2D eigenvalue weighted by Gasteiger charge is 2.19. The summed E-state index contributed by atoms with van der Waals surface area (Å²) in [6.07, 6.45) is 0. The van der Waals surface area contributed by atoms with Crippen molar-refractivity contribution in [1.29, 1.82) is 0 Å².